The van der Waals surface area contributed by atoms with E-state index in [0.29, 0.717) is 30.0 Å². The molecule has 0 aliphatic heterocycles. The molecule has 1 aromatic carbocycles. The smallest absolute Gasteiger partial charge is 0.169 e. The van der Waals surface area contributed by atoms with E-state index >= 15 is 0 Å². The van der Waals surface area contributed by atoms with Crippen molar-refractivity contribution in [3.63, 3.8) is 0 Å². The number of rotatable bonds is 4. The van der Waals surface area contributed by atoms with Gasteiger partial charge in [0.05, 0.1) is 18.4 Å². The highest BCUT2D eigenvalue weighted by atomic mass is 16.5. The molecule has 1 aromatic heterocycles. The Morgan fingerprint density at radius 1 is 1.41 bits per heavy atom. The van der Waals surface area contributed by atoms with Gasteiger partial charge in [-0.2, -0.15) is 0 Å². The topological polar surface area (TPSA) is 59.7 Å². The van der Waals surface area contributed by atoms with E-state index in [1.165, 1.54) is 6.26 Å². The van der Waals surface area contributed by atoms with E-state index in [1.807, 2.05) is 0 Å². The first-order valence-electron chi connectivity index (χ1n) is 5.25. The molecule has 1 heterocycles. The number of phenols is 1. The van der Waals surface area contributed by atoms with Gasteiger partial charge in [-0.05, 0) is 31.2 Å². The number of furan rings is 1. The maximum atomic E-state index is 11.0. The van der Waals surface area contributed by atoms with Crippen molar-refractivity contribution in [3.8, 4) is 22.8 Å². The fraction of sp³-hybridized carbons (Fsp3) is 0.154. The Bertz CT molecular complexity index is 514. The first-order valence-corrected chi connectivity index (χ1v) is 5.25. The van der Waals surface area contributed by atoms with Gasteiger partial charge in [0, 0.05) is 5.56 Å². The van der Waals surface area contributed by atoms with E-state index in [4.69, 9.17) is 9.15 Å². The molecule has 1 N–H and O–H groups in total. The number of carbonyl (C=O) groups excluding carboxylic acids is 1. The van der Waals surface area contributed by atoms with Crippen molar-refractivity contribution in [2.24, 2.45) is 0 Å². The molecular weight excluding hydrogens is 220 g/mol. The largest absolute Gasteiger partial charge is 0.504 e. The lowest BCUT2D eigenvalue weighted by Crippen LogP contribution is -1.95. The highest BCUT2D eigenvalue weighted by Gasteiger charge is 2.15. The number of phenolic OH excluding ortho intramolecular Hbond substituents is 1. The summed E-state index contributed by atoms with van der Waals surface area (Å²) in [7, 11) is 0. The molecule has 0 aliphatic carbocycles. The minimum absolute atomic E-state index is 0.157. The van der Waals surface area contributed by atoms with Gasteiger partial charge in [0.15, 0.2) is 17.8 Å². The van der Waals surface area contributed by atoms with Gasteiger partial charge in [-0.3, -0.25) is 4.79 Å². The summed E-state index contributed by atoms with van der Waals surface area (Å²) in [6.07, 6.45) is 2.10. The van der Waals surface area contributed by atoms with Crippen LogP contribution in [0.25, 0.3) is 11.3 Å². The second-order valence-corrected chi connectivity index (χ2v) is 3.40. The van der Waals surface area contributed by atoms with Crippen LogP contribution in [0.5, 0.6) is 11.5 Å². The second-order valence-electron chi connectivity index (χ2n) is 3.40. The maximum absolute atomic E-state index is 11.0. The SMILES string of the molecule is CCOc1ccc(-c2ccco2)c(C=O)c1O. The minimum atomic E-state index is -0.157. The van der Waals surface area contributed by atoms with E-state index in [1.54, 1.807) is 31.2 Å². The lowest BCUT2D eigenvalue weighted by molar-refractivity contribution is 0.112. The molecule has 0 atom stereocenters. The summed E-state index contributed by atoms with van der Waals surface area (Å²) in [5.74, 6) is 0.672. The Balaban J connectivity index is 2.55. The molecule has 4 nitrogen and oxygen atoms in total. The molecule has 0 aliphatic rings. The Kier molecular flexibility index (Phi) is 3.14. The van der Waals surface area contributed by atoms with Crippen LogP contribution in [0.3, 0.4) is 0 Å². The lowest BCUT2D eigenvalue weighted by Gasteiger charge is -2.09. The van der Waals surface area contributed by atoms with Crippen LogP contribution in [-0.2, 0) is 0 Å². The molecule has 0 radical (unpaired) electrons. The molecular formula is C13H12O4. The fourth-order valence-electron chi connectivity index (χ4n) is 1.63. The van der Waals surface area contributed by atoms with Gasteiger partial charge in [0.25, 0.3) is 0 Å². The molecule has 88 valence electrons. The van der Waals surface area contributed by atoms with Crippen molar-refractivity contribution < 1.29 is 19.1 Å². The number of carbonyl (C=O) groups is 1. The Hall–Kier alpha value is -2.23. The summed E-state index contributed by atoms with van der Waals surface area (Å²) >= 11 is 0. The van der Waals surface area contributed by atoms with Crippen LogP contribution in [-0.4, -0.2) is 18.0 Å². The van der Waals surface area contributed by atoms with Crippen molar-refractivity contribution in [1.82, 2.24) is 0 Å². The standard InChI is InChI=1S/C13H12O4/c1-2-16-12-6-5-9(10(8-14)13(12)15)11-4-3-7-17-11/h3-8,15H,2H2,1H3. The number of aldehydes is 1. The molecule has 2 rings (SSSR count). The predicted octanol–water partition coefficient (Wildman–Crippen LogP) is 2.86. The van der Waals surface area contributed by atoms with Gasteiger partial charge in [-0.15, -0.1) is 0 Å². The average Bonchev–Trinajstić information content (AvgIpc) is 2.85. The maximum Gasteiger partial charge on any atom is 0.169 e. The van der Waals surface area contributed by atoms with E-state index in [9.17, 15) is 9.90 Å². The quantitative estimate of drug-likeness (QED) is 0.823. The second kappa shape index (κ2) is 4.74. The minimum Gasteiger partial charge on any atom is -0.504 e. The van der Waals surface area contributed by atoms with Crippen LogP contribution in [0.1, 0.15) is 17.3 Å². The van der Waals surface area contributed by atoms with Crippen LogP contribution in [0.2, 0.25) is 0 Å². The van der Waals surface area contributed by atoms with Crippen molar-refractivity contribution in [3.05, 3.63) is 36.1 Å². The normalized spacial score (nSPS) is 10.2. The third-order valence-corrected chi connectivity index (χ3v) is 2.38. The molecule has 0 bridgehead atoms. The predicted molar refractivity (Wildman–Crippen MR) is 62.4 cm³/mol. The lowest BCUT2D eigenvalue weighted by atomic mass is 10.0. The molecule has 0 saturated heterocycles. The molecule has 0 saturated carbocycles. The zero-order valence-corrected chi connectivity index (χ0v) is 9.34. The van der Waals surface area contributed by atoms with Crippen molar-refractivity contribution in [1.29, 1.82) is 0 Å². The van der Waals surface area contributed by atoms with E-state index in [-0.39, 0.29) is 11.3 Å². The summed E-state index contributed by atoms with van der Waals surface area (Å²) in [4.78, 5) is 11.0. The molecule has 0 unspecified atom stereocenters. The van der Waals surface area contributed by atoms with Crippen LogP contribution < -0.4 is 4.74 Å². The van der Waals surface area contributed by atoms with E-state index in [2.05, 4.69) is 0 Å². The summed E-state index contributed by atoms with van der Waals surface area (Å²) in [6, 6.07) is 6.75. The Morgan fingerprint density at radius 2 is 2.24 bits per heavy atom. The van der Waals surface area contributed by atoms with Gasteiger partial charge in [-0.25, -0.2) is 0 Å². The van der Waals surface area contributed by atoms with Crippen LogP contribution in [0, 0.1) is 0 Å². The average molecular weight is 232 g/mol. The molecule has 17 heavy (non-hydrogen) atoms. The first-order chi connectivity index (χ1) is 8.27. The summed E-state index contributed by atoms with van der Waals surface area (Å²) in [5, 5.41) is 9.90. The summed E-state index contributed by atoms with van der Waals surface area (Å²) < 4.78 is 10.4. The van der Waals surface area contributed by atoms with Crippen LogP contribution in [0.15, 0.2) is 34.9 Å². The summed E-state index contributed by atoms with van der Waals surface area (Å²) in [5.41, 5.74) is 0.719. The number of aromatic hydroxyl groups is 1. The van der Waals surface area contributed by atoms with Gasteiger partial charge in [-0.1, -0.05) is 0 Å². The number of benzene rings is 1. The Labute approximate surface area is 98.4 Å². The molecule has 0 amide bonds. The van der Waals surface area contributed by atoms with E-state index in [0.717, 1.165) is 0 Å². The molecule has 4 heteroatoms. The molecule has 0 spiro atoms. The zero-order chi connectivity index (χ0) is 12.3. The third kappa shape index (κ3) is 2.01. The Morgan fingerprint density at radius 3 is 2.82 bits per heavy atom. The van der Waals surface area contributed by atoms with Gasteiger partial charge in [0.1, 0.15) is 5.76 Å². The molecule has 2 aromatic rings. The zero-order valence-electron chi connectivity index (χ0n) is 9.34. The van der Waals surface area contributed by atoms with Crippen LogP contribution >= 0.6 is 0 Å². The van der Waals surface area contributed by atoms with Crippen molar-refractivity contribution >= 4 is 6.29 Å². The summed E-state index contributed by atoms with van der Waals surface area (Å²) in [6.45, 7) is 2.23. The van der Waals surface area contributed by atoms with Crippen molar-refractivity contribution in [2.75, 3.05) is 6.61 Å². The number of hydrogen-bond acceptors (Lipinski definition) is 4. The van der Waals surface area contributed by atoms with Crippen molar-refractivity contribution in [2.45, 2.75) is 6.92 Å². The monoisotopic (exact) mass is 232 g/mol. The molecule has 0 fully saturated rings. The highest BCUT2D eigenvalue weighted by Crippen LogP contribution is 2.36. The van der Waals surface area contributed by atoms with Gasteiger partial charge < -0.3 is 14.3 Å². The number of hydrogen-bond donors (Lipinski definition) is 1. The highest BCUT2D eigenvalue weighted by molar-refractivity contribution is 5.91. The van der Waals surface area contributed by atoms with Gasteiger partial charge >= 0.3 is 0 Å². The first kappa shape index (κ1) is 11.3. The van der Waals surface area contributed by atoms with Crippen LogP contribution in [0.4, 0.5) is 0 Å². The van der Waals surface area contributed by atoms with Gasteiger partial charge in [0.2, 0.25) is 0 Å². The fourth-order valence-corrected chi connectivity index (χ4v) is 1.63. The number of ether oxygens (including phenoxy) is 1. The third-order valence-electron chi connectivity index (χ3n) is 2.38. The van der Waals surface area contributed by atoms with E-state index < -0.39 is 0 Å².